The summed E-state index contributed by atoms with van der Waals surface area (Å²) in [7, 11) is 2.05. The van der Waals surface area contributed by atoms with E-state index >= 15 is 0 Å². The first-order chi connectivity index (χ1) is 8.19. The number of rotatable bonds is 7. The lowest BCUT2D eigenvalue weighted by Crippen LogP contribution is -2.33. The van der Waals surface area contributed by atoms with E-state index in [0.29, 0.717) is 6.04 Å². The van der Waals surface area contributed by atoms with Gasteiger partial charge in [-0.1, -0.05) is 19.8 Å². The van der Waals surface area contributed by atoms with E-state index in [-0.39, 0.29) is 0 Å². The third-order valence-electron chi connectivity index (χ3n) is 3.55. The molecule has 3 heteroatoms. The van der Waals surface area contributed by atoms with Gasteiger partial charge in [-0.2, -0.15) is 5.10 Å². The van der Waals surface area contributed by atoms with Crippen molar-refractivity contribution in [2.45, 2.75) is 52.0 Å². The van der Waals surface area contributed by atoms with E-state index in [0.717, 1.165) is 24.6 Å². The second-order valence-corrected chi connectivity index (χ2v) is 5.43. The van der Waals surface area contributed by atoms with Crippen molar-refractivity contribution in [3.8, 4) is 0 Å². The molecule has 0 saturated heterocycles. The molecule has 0 aromatic carbocycles. The van der Waals surface area contributed by atoms with E-state index in [9.17, 15) is 0 Å². The Balaban J connectivity index is 1.92. The maximum Gasteiger partial charge on any atom is 0.0596 e. The third-order valence-corrected chi connectivity index (χ3v) is 3.55. The summed E-state index contributed by atoms with van der Waals surface area (Å²) in [6.45, 7) is 5.43. The number of hydrogen-bond acceptors (Lipinski definition) is 2. The van der Waals surface area contributed by atoms with E-state index < -0.39 is 0 Å². The Bertz CT molecular complexity index is 352. The summed E-state index contributed by atoms with van der Waals surface area (Å²) < 4.78 is 2.03. The minimum Gasteiger partial charge on any atom is -0.314 e. The lowest BCUT2D eigenvalue weighted by atomic mass is 10.0. The van der Waals surface area contributed by atoms with Gasteiger partial charge in [0, 0.05) is 25.2 Å². The van der Waals surface area contributed by atoms with E-state index in [1.165, 1.54) is 31.4 Å². The molecule has 0 spiro atoms. The molecule has 0 amide bonds. The van der Waals surface area contributed by atoms with E-state index in [2.05, 4.69) is 37.4 Å². The molecule has 3 nitrogen and oxygen atoms in total. The van der Waals surface area contributed by atoms with Gasteiger partial charge in [-0.25, -0.2) is 0 Å². The summed E-state index contributed by atoms with van der Waals surface area (Å²) in [6, 6.07) is 2.85. The molecular formula is C14H25N3. The molecule has 0 bridgehead atoms. The molecule has 1 saturated carbocycles. The maximum atomic E-state index is 4.43. The van der Waals surface area contributed by atoms with Gasteiger partial charge in [0.25, 0.3) is 0 Å². The molecule has 2 rings (SSSR count). The zero-order chi connectivity index (χ0) is 12.3. The summed E-state index contributed by atoms with van der Waals surface area (Å²) in [6.07, 6.45) is 6.55. The highest BCUT2D eigenvalue weighted by atomic mass is 15.3. The molecule has 1 aromatic heterocycles. The fraction of sp³-hybridized carbons (Fsp3) is 0.786. The van der Waals surface area contributed by atoms with Crippen LogP contribution >= 0.6 is 0 Å². The van der Waals surface area contributed by atoms with Crippen LogP contribution in [0.2, 0.25) is 0 Å². The van der Waals surface area contributed by atoms with Crippen LogP contribution < -0.4 is 5.32 Å². The molecule has 1 unspecified atom stereocenters. The average Bonchev–Trinajstić information content (AvgIpc) is 3.02. The summed E-state index contributed by atoms with van der Waals surface area (Å²) in [5, 5.41) is 8.11. The third kappa shape index (κ3) is 3.84. The SMILES string of the molecule is CCCNC(Cc1cc(C)nn1C)CC1CC1. The van der Waals surface area contributed by atoms with Crippen LogP contribution in [0.15, 0.2) is 6.07 Å². The number of nitrogens with one attached hydrogen (secondary N) is 1. The van der Waals surface area contributed by atoms with Crippen LogP contribution in [0, 0.1) is 12.8 Å². The second-order valence-electron chi connectivity index (χ2n) is 5.43. The topological polar surface area (TPSA) is 29.9 Å². The van der Waals surface area contributed by atoms with Gasteiger partial charge in [0.1, 0.15) is 0 Å². The molecule has 1 aliphatic carbocycles. The predicted molar refractivity (Wildman–Crippen MR) is 71.1 cm³/mol. The predicted octanol–water partition coefficient (Wildman–Crippen LogP) is 2.44. The van der Waals surface area contributed by atoms with Crippen LogP contribution in [0.4, 0.5) is 0 Å². The Hall–Kier alpha value is -0.830. The second kappa shape index (κ2) is 5.67. The largest absolute Gasteiger partial charge is 0.314 e. The molecule has 0 radical (unpaired) electrons. The monoisotopic (exact) mass is 235 g/mol. The smallest absolute Gasteiger partial charge is 0.0596 e. The number of aryl methyl sites for hydroxylation is 2. The van der Waals surface area contributed by atoms with Crippen molar-refractivity contribution >= 4 is 0 Å². The zero-order valence-electron chi connectivity index (χ0n) is 11.4. The van der Waals surface area contributed by atoms with Gasteiger partial charge < -0.3 is 5.32 Å². The van der Waals surface area contributed by atoms with Crippen LogP contribution in [0.1, 0.15) is 44.0 Å². The fourth-order valence-corrected chi connectivity index (χ4v) is 2.45. The van der Waals surface area contributed by atoms with E-state index in [1.54, 1.807) is 0 Å². The van der Waals surface area contributed by atoms with Gasteiger partial charge in [-0.3, -0.25) is 4.68 Å². The van der Waals surface area contributed by atoms with Crippen molar-refractivity contribution in [1.29, 1.82) is 0 Å². The van der Waals surface area contributed by atoms with Crippen LogP contribution in [-0.2, 0) is 13.5 Å². The van der Waals surface area contributed by atoms with Gasteiger partial charge in [-0.15, -0.1) is 0 Å². The molecule has 96 valence electrons. The normalized spacial score (nSPS) is 17.4. The van der Waals surface area contributed by atoms with Crippen molar-refractivity contribution in [2.75, 3.05) is 6.54 Å². The Morgan fingerprint density at radius 1 is 1.53 bits per heavy atom. The zero-order valence-corrected chi connectivity index (χ0v) is 11.4. The highest BCUT2D eigenvalue weighted by Crippen LogP contribution is 2.34. The minimum atomic E-state index is 0.636. The van der Waals surface area contributed by atoms with Crippen LogP contribution in [0.5, 0.6) is 0 Å². The molecule has 1 aliphatic rings. The lowest BCUT2D eigenvalue weighted by molar-refractivity contribution is 0.445. The van der Waals surface area contributed by atoms with Crippen molar-refractivity contribution in [3.05, 3.63) is 17.5 Å². The van der Waals surface area contributed by atoms with Crippen LogP contribution in [0.3, 0.4) is 0 Å². The summed E-state index contributed by atoms with van der Waals surface area (Å²) >= 11 is 0. The molecule has 0 aliphatic heterocycles. The molecule has 1 atom stereocenters. The van der Waals surface area contributed by atoms with Gasteiger partial charge in [0.05, 0.1) is 5.69 Å². The Labute approximate surface area is 105 Å². The fourth-order valence-electron chi connectivity index (χ4n) is 2.45. The van der Waals surface area contributed by atoms with Crippen molar-refractivity contribution < 1.29 is 0 Å². The van der Waals surface area contributed by atoms with Gasteiger partial charge in [0.2, 0.25) is 0 Å². The van der Waals surface area contributed by atoms with E-state index in [4.69, 9.17) is 0 Å². The average molecular weight is 235 g/mol. The Kier molecular flexibility index (Phi) is 4.21. The van der Waals surface area contributed by atoms with Crippen LogP contribution in [-0.4, -0.2) is 22.4 Å². The maximum absolute atomic E-state index is 4.43. The highest BCUT2D eigenvalue weighted by molar-refractivity contribution is 5.10. The Morgan fingerprint density at radius 3 is 2.82 bits per heavy atom. The Morgan fingerprint density at radius 2 is 2.29 bits per heavy atom. The molecule has 1 heterocycles. The molecule has 1 fully saturated rings. The van der Waals surface area contributed by atoms with Gasteiger partial charge in [-0.05, 0) is 38.3 Å². The minimum absolute atomic E-state index is 0.636. The first-order valence-electron chi connectivity index (χ1n) is 6.92. The summed E-state index contributed by atoms with van der Waals surface area (Å²) in [5.74, 6) is 0.985. The molecule has 17 heavy (non-hydrogen) atoms. The summed E-state index contributed by atoms with van der Waals surface area (Å²) in [4.78, 5) is 0. The standard InChI is InChI=1S/C14H25N3/c1-4-7-15-13(9-12-5-6-12)10-14-8-11(2)16-17(14)3/h8,12-13,15H,4-7,9-10H2,1-3H3. The number of aromatic nitrogens is 2. The van der Waals surface area contributed by atoms with Gasteiger partial charge in [0.15, 0.2) is 0 Å². The van der Waals surface area contributed by atoms with E-state index in [1.807, 2.05) is 4.68 Å². The van der Waals surface area contributed by atoms with Crippen molar-refractivity contribution in [3.63, 3.8) is 0 Å². The first kappa shape index (κ1) is 12.6. The lowest BCUT2D eigenvalue weighted by Gasteiger charge is -2.18. The molecular weight excluding hydrogens is 210 g/mol. The van der Waals surface area contributed by atoms with Gasteiger partial charge >= 0.3 is 0 Å². The first-order valence-corrected chi connectivity index (χ1v) is 6.92. The summed E-state index contributed by atoms with van der Waals surface area (Å²) in [5.41, 5.74) is 2.49. The quantitative estimate of drug-likeness (QED) is 0.786. The molecule has 1 aromatic rings. The van der Waals surface area contributed by atoms with Crippen molar-refractivity contribution in [1.82, 2.24) is 15.1 Å². The number of nitrogens with zero attached hydrogens (tertiary/aromatic N) is 2. The number of hydrogen-bond donors (Lipinski definition) is 1. The van der Waals surface area contributed by atoms with Crippen LogP contribution in [0.25, 0.3) is 0 Å². The molecule has 1 N–H and O–H groups in total. The highest BCUT2D eigenvalue weighted by Gasteiger charge is 2.25. The van der Waals surface area contributed by atoms with Crippen molar-refractivity contribution in [2.24, 2.45) is 13.0 Å².